The summed E-state index contributed by atoms with van der Waals surface area (Å²) in [6.45, 7) is 3.31. The van der Waals surface area contributed by atoms with Gasteiger partial charge in [-0.3, -0.25) is 4.79 Å². The van der Waals surface area contributed by atoms with Crippen molar-refractivity contribution in [1.82, 2.24) is 0 Å². The molecule has 0 aliphatic heterocycles. The molecule has 0 bridgehead atoms. The number of ether oxygens (including phenoxy) is 4. The Hall–Kier alpha value is -3.22. The zero-order valence-corrected chi connectivity index (χ0v) is 16.4. The van der Waals surface area contributed by atoms with Crippen LogP contribution in [0.15, 0.2) is 48.5 Å². The summed E-state index contributed by atoms with van der Waals surface area (Å²) in [6.07, 6.45) is -1.37. The van der Waals surface area contributed by atoms with E-state index in [-0.39, 0.29) is 0 Å². The van der Waals surface area contributed by atoms with Crippen LogP contribution in [0.5, 0.6) is 17.2 Å². The largest absolute Gasteiger partial charge is 0.493 e. The second-order valence-corrected chi connectivity index (χ2v) is 5.97. The van der Waals surface area contributed by atoms with Crippen LogP contribution in [0.4, 0.5) is 5.69 Å². The summed E-state index contributed by atoms with van der Waals surface area (Å²) >= 11 is 0. The van der Waals surface area contributed by atoms with Gasteiger partial charge in [0.05, 0.1) is 14.2 Å². The van der Waals surface area contributed by atoms with Gasteiger partial charge in [0.15, 0.2) is 23.7 Å². The fourth-order valence-corrected chi connectivity index (χ4v) is 2.42. The number of hydrogen-bond donors (Lipinski definition) is 1. The Bertz CT molecular complexity index is 793. The SMILES string of the molecule is CC[C@@H](Oc1ccccc1)C(=O)O[C@@H](C)C(=O)Nc1ccc(OC)c(OC)c1. The van der Waals surface area contributed by atoms with Crippen LogP contribution in [0.1, 0.15) is 20.3 Å². The van der Waals surface area contributed by atoms with Crippen LogP contribution in [0.25, 0.3) is 0 Å². The molecule has 150 valence electrons. The lowest BCUT2D eigenvalue weighted by Gasteiger charge is -2.19. The van der Waals surface area contributed by atoms with E-state index in [9.17, 15) is 9.59 Å². The van der Waals surface area contributed by atoms with E-state index in [2.05, 4.69) is 5.32 Å². The van der Waals surface area contributed by atoms with Crippen molar-refractivity contribution in [3.05, 3.63) is 48.5 Å². The number of esters is 1. The predicted octanol–water partition coefficient (Wildman–Crippen LogP) is 3.43. The number of rotatable bonds is 9. The molecule has 2 aromatic rings. The van der Waals surface area contributed by atoms with E-state index in [0.29, 0.717) is 29.4 Å². The van der Waals surface area contributed by atoms with E-state index in [1.54, 1.807) is 30.3 Å². The molecule has 0 heterocycles. The van der Waals surface area contributed by atoms with E-state index in [0.717, 1.165) is 0 Å². The van der Waals surface area contributed by atoms with Crippen LogP contribution in [0.2, 0.25) is 0 Å². The third-order valence-corrected chi connectivity index (χ3v) is 3.97. The zero-order chi connectivity index (χ0) is 20.5. The second-order valence-electron chi connectivity index (χ2n) is 5.97. The van der Waals surface area contributed by atoms with Crippen LogP contribution in [0, 0.1) is 0 Å². The van der Waals surface area contributed by atoms with Crippen molar-refractivity contribution in [3.63, 3.8) is 0 Å². The quantitative estimate of drug-likeness (QED) is 0.664. The van der Waals surface area contributed by atoms with Crippen molar-refractivity contribution in [2.45, 2.75) is 32.5 Å². The first-order valence-corrected chi connectivity index (χ1v) is 8.93. The first-order valence-electron chi connectivity index (χ1n) is 8.93. The molecule has 0 aliphatic rings. The summed E-state index contributed by atoms with van der Waals surface area (Å²) in [4.78, 5) is 24.7. The van der Waals surface area contributed by atoms with Crippen molar-refractivity contribution in [2.24, 2.45) is 0 Å². The lowest BCUT2D eigenvalue weighted by Crippen LogP contribution is -2.36. The van der Waals surface area contributed by atoms with Crippen molar-refractivity contribution < 1.29 is 28.5 Å². The van der Waals surface area contributed by atoms with Gasteiger partial charge in [0.2, 0.25) is 0 Å². The van der Waals surface area contributed by atoms with Gasteiger partial charge in [-0.2, -0.15) is 0 Å². The monoisotopic (exact) mass is 387 g/mol. The van der Waals surface area contributed by atoms with Crippen molar-refractivity contribution in [1.29, 1.82) is 0 Å². The molecule has 0 saturated carbocycles. The number of carbonyl (C=O) groups excluding carboxylic acids is 2. The minimum atomic E-state index is -0.992. The van der Waals surface area contributed by atoms with Gasteiger partial charge in [-0.15, -0.1) is 0 Å². The Morgan fingerprint density at radius 1 is 1.00 bits per heavy atom. The number of amides is 1. The molecule has 1 amide bonds. The van der Waals surface area contributed by atoms with Gasteiger partial charge in [-0.05, 0) is 37.6 Å². The first-order chi connectivity index (χ1) is 13.5. The van der Waals surface area contributed by atoms with Crippen LogP contribution < -0.4 is 19.5 Å². The smallest absolute Gasteiger partial charge is 0.348 e. The Labute approximate surface area is 164 Å². The molecule has 0 aromatic heterocycles. The van der Waals surface area contributed by atoms with Gasteiger partial charge in [0.1, 0.15) is 5.75 Å². The van der Waals surface area contributed by atoms with Crippen molar-refractivity contribution in [2.75, 3.05) is 19.5 Å². The molecule has 0 saturated heterocycles. The van der Waals surface area contributed by atoms with Crippen LogP contribution in [-0.2, 0) is 14.3 Å². The molecule has 7 nitrogen and oxygen atoms in total. The minimum Gasteiger partial charge on any atom is -0.493 e. The van der Waals surface area contributed by atoms with Crippen LogP contribution >= 0.6 is 0 Å². The molecule has 28 heavy (non-hydrogen) atoms. The van der Waals surface area contributed by atoms with Gasteiger partial charge < -0.3 is 24.3 Å². The third kappa shape index (κ3) is 5.64. The molecule has 0 fully saturated rings. The van der Waals surface area contributed by atoms with Gasteiger partial charge >= 0.3 is 5.97 Å². The van der Waals surface area contributed by atoms with E-state index < -0.39 is 24.1 Å². The molecular weight excluding hydrogens is 362 g/mol. The molecule has 0 aliphatic carbocycles. The number of carbonyl (C=O) groups is 2. The fraction of sp³-hybridized carbons (Fsp3) is 0.333. The number of hydrogen-bond acceptors (Lipinski definition) is 6. The van der Waals surface area contributed by atoms with E-state index in [1.807, 2.05) is 25.1 Å². The molecule has 0 radical (unpaired) electrons. The summed E-state index contributed by atoms with van der Waals surface area (Å²) in [7, 11) is 3.03. The average Bonchev–Trinajstić information content (AvgIpc) is 2.72. The molecule has 0 spiro atoms. The van der Waals surface area contributed by atoms with E-state index in [1.165, 1.54) is 21.1 Å². The normalized spacial score (nSPS) is 12.4. The highest BCUT2D eigenvalue weighted by molar-refractivity contribution is 5.95. The van der Waals surface area contributed by atoms with Gasteiger partial charge in [0.25, 0.3) is 5.91 Å². The van der Waals surface area contributed by atoms with Crippen LogP contribution in [0.3, 0.4) is 0 Å². The lowest BCUT2D eigenvalue weighted by molar-refractivity contribution is -0.160. The number of para-hydroxylation sites is 1. The average molecular weight is 387 g/mol. The molecular formula is C21H25NO6. The standard InChI is InChI=1S/C21H25NO6/c1-5-17(28-16-9-7-6-8-10-16)21(24)27-14(2)20(23)22-15-11-12-18(25-3)19(13-15)26-4/h6-14,17H,5H2,1-4H3,(H,22,23)/t14-,17+/m0/s1. The Balaban J connectivity index is 1.96. The summed E-state index contributed by atoms with van der Waals surface area (Å²) in [5.41, 5.74) is 0.498. The highest BCUT2D eigenvalue weighted by atomic mass is 16.6. The lowest BCUT2D eigenvalue weighted by atomic mass is 10.2. The summed E-state index contributed by atoms with van der Waals surface area (Å²) in [5.74, 6) is 0.529. The number of nitrogens with one attached hydrogen (secondary N) is 1. The maximum atomic E-state index is 12.4. The molecule has 2 aromatic carbocycles. The molecule has 2 rings (SSSR count). The van der Waals surface area contributed by atoms with E-state index in [4.69, 9.17) is 18.9 Å². The van der Waals surface area contributed by atoms with Crippen LogP contribution in [-0.4, -0.2) is 38.3 Å². The van der Waals surface area contributed by atoms with E-state index >= 15 is 0 Å². The van der Waals surface area contributed by atoms with Gasteiger partial charge in [-0.25, -0.2) is 4.79 Å². The summed E-state index contributed by atoms with van der Waals surface area (Å²) < 4.78 is 21.3. The molecule has 1 N–H and O–H groups in total. The van der Waals surface area contributed by atoms with Gasteiger partial charge in [0, 0.05) is 11.8 Å². The van der Waals surface area contributed by atoms with Crippen molar-refractivity contribution >= 4 is 17.6 Å². The Morgan fingerprint density at radius 3 is 2.29 bits per heavy atom. The summed E-state index contributed by atoms with van der Waals surface area (Å²) in [6, 6.07) is 13.9. The molecule has 0 unspecified atom stereocenters. The maximum absolute atomic E-state index is 12.4. The molecule has 7 heteroatoms. The highest BCUT2D eigenvalue weighted by Gasteiger charge is 2.25. The topological polar surface area (TPSA) is 83.1 Å². The predicted molar refractivity (Wildman–Crippen MR) is 105 cm³/mol. The number of benzene rings is 2. The minimum absolute atomic E-state index is 0.414. The second kappa shape index (κ2) is 10.2. The highest BCUT2D eigenvalue weighted by Crippen LogP contribution is 2.29. The van der Waals surface area contributed by atoms with Gasteiger partial charge in [-0.1, -0.05) is 25.1 Å². The first kappa shape index (κ1) is 21.1. The Kier molecular flexibility index (Phi) is 7.68. The van der Waals surface area contributed by atoms with Crippen molar-refractivity contribution in [3.8, 4) is 17.2 Å². The number of methoxy groups -OCH3 is 2. The maximum Gasteiger partial charge on any atom is 0.348 e. The molecule has 2 atom stereocenters. The third-order valence-electron chi connectivity index (χ3n) is 3.97. The Morgan fingerprint density at radius 2 is 1.68 bits per heavy atom. The summed E-state index contributed by atoms with van der Waals surface area (Å²) in [5, 5.41) is 2.69. The zero-order valence-electron chi connectivity index (χ0n) is 16.4. The fourth-order valence-electron chi connectivity index (χ4n) is 2.42. The number of anilines is 1.